The number of carboxylic acid groups (broad SMARTS) is 1. The number of rotatable bonds is 5. The van der Waals surface area contributed by atoms with E-state index in [-0.39, 0.29) is 18.9 Å². The van der Waals surface area contributed by atoms with Gasteiger partial charge in [0, 0.05) is 0 Å². The van der Waals surface area contributed by atoms with Crippen molar-refractivity contribution in [1.29, 1.82) is 0 Å². The molecule has 4 unspecified atom stereocenters. The summed E-state index contributed by atoms with van der Waals surface area (Å²) in [5.41, 5.74) is 0. The van der Waals surface area contributed by atoms with E-state index in [0.717, 1.165) is 0 Å². The van der Waals surface area contributed by atoms with E-state index >= 15 is 0 Å². The van der Waals surface area contributed by atoms with Gasteiger partial charge in [-0.2, -0.15) is 0 Å². The van der Waals surface area contributed by atoms with Gasteiger partial charge in [0.05, 0.1) is 12.6 Å². The largest absolute Gasteiger partial charge is 1.00 e. The van der Waals surface area contributed by atoms with Crippen molar-refractivity contribution in [2.75, 3.05) is 6.61 Å². The molecule has 0 radical (unpaired) electrons. The molecule has 0 aromatic carbocycles. The maximum atomic E-state index is 9.98. The first kappa shape index (κ1) is 16.3. The molecular formula is C6H11LiO7. The maximum absolute atomic E-state index is 9.98. The molecule has 14 heavy (non-hydrogen) atoms. The molecule has 0 heterocycles. The Morgan fingerprint density at radius 2 is 1.57 bits per heavy atom. The predicted octanol–water partition coefficient (Wildman–Crippen LogP) is -7.82. The van der Waals surface area contributed by atoms with E-state index in [0.29, 0.717) is 0 Å². The smallest absolute Gasteiger partial charge is 0.547 e. The van der Waals surface area contributed by atoms with Crippen molar-refractivity contribution in [1.82, 2.24) is 0 Å². The topological polar surface area (TPSA) is 141 Å². The van der Waals surface area contributed by atoms with Gasteiger partial charge in [0.1, 0.15) is 24.4 Å². The van der Waals surface area contributed by atoms with Crippen LogP contribution in [0.1, 0.15) is 0 Å². The number of aliphatic hydroxyl groups excluding tert-OH is 5. The Balaban J connectivity index is 0. The number of aliphatic carboxylic acids is 1. The van der Waals surface area contributed by atoms with E-state index in [9.17, 15) is 9.90 Å². The second-order valence-corrected chi connectivity index (χ2v) is 2.49. The quantitative estimate of drug-likeness (QED) is 0.279. The minimum atomic E-state index is -2.31. The summed E-state index contributed by atoms with van der Waals surface area (Å²) in [6, 6.07) is 0. The molecule has 4 atom stereocenters. The Hall–Kier alpha value is -0.133. The zero-order valence-corrected chi connectivity index (χ0v) is 7.57. The Kier molecular flexibility index (Phi) is 8.38. The summed E-state index contributed by atoms with van der Waals surface area (Å²) in [4.78, 5) is 9.98. The molecule has 78 valence electrons. The molecule has 0 aliphatic heterocycles. The van der Waals surface area contributed by atoms with Gasteiger partial charge in [0.15, 0.2) is 0 Å². The van der Waals surface area contributed by atoms with Gasteiger partial charge in [-0.15, -0.1) is 0 Å². The van der Waals surface area contributed by atoms with Gasteiger partial charge in [-0.3, -0.25) is 0 Å². The normalized spacial score (nSPS) is 18.9. The number of hydrogen-bond donors (Lipinski definition) is 5. The van der Waals surface area contributed by atoms with Crippen LogP contribution >= 0.6 is 0 Å². The third kappa shape index (κ3) is 4.39. The molecular weight excluding hydrogens is 191 g/mol. The molecule has 0 aliphatic rings. The molecule has 0 saturated heterocycles. The van der Waals surface area contributed by atoms with Crippen molar-refractivity contribution >= 4 is 5.97 Å². The minimum Gasteiger partial charge on any atom is -0.547 e. The monoisotopic (exact) mass is 202 g/mol. The molecule has 0 spiro atoms. The SMILES string of the molecule is O=C([O-])C(O)C(O)C(O)C(O)CO.[Li+]. The number of carboxylic acids is 1. The van der Waals surface area contributed by atoms with Gasteiger partial charge in [-0.25, -0.2) is 0 Å². The standard InChI is InChI=1S/C6H12O7.Li/c7-1-2(8)3(9)4(10)5(11)6(12)13;/h2-5,7-11H,1H2,(H,12,13);/q;+1/p-1. The second kappa shape index (κ2) is 7.20. The number of carbonyl (C=O) groups excluding carboxylic acids is 1. The van der Waals surface area contributed by atoms with Crippen LogP contribution in [0, 0.1) is 0 Å². The van der Waals surface area contributed by atoms with Gasteiger partial charge in [-0.05, 0) is 0 Å². The third-order valence-electron chi connectivity index (χ3n) is 1.50. The van der Waals surface area contributed by atoms with Gasteiger partial charge < -0.3 is 35.4 Å². The van der Waals surface area contributed by atoms with Crippen LogP contribution in [0.5, 0.6) is 0 Å². The Labute approximate surface area is 91.8 Å². The fourth-order valence-corrected chi connectivity index (χ4v) is 0.662. The first-order valence-electron chi connectivity index (χ1n) is 3.45. The summed E-state index contributed by atoms with van der Waals surface area (Å²) in [7, 11) is 0. The average molecular weight is 202 g/mol. The fraction of sp³-hybridized carbons (Fsp3) is 0.833. The number of carbonyl (C=O) groups is 1. The van der Waals surface area contributed by atoms with Gasteiger partial charge in [0.25, 0.3) is 0 Å². The van der Waals surface area contributed by atoms with Gasteiger partial charge in [0.2, 0.25) is 0 Å². The van der Waals surface area contributed by atoms with Gasteiger partial charge in [-0.1, -0.05) is 0 Å². The molecule has 0 rings (SSSR count). The van der Waals surface area contributed by atoms with Crippen LogP contribution in [0.4, 0.5) is 0 Å². The summed E-state index contributed by atoms with van der Waals surface area (Å²) in [5.74, 6) is -1.98. The Bertz CT molecular complexity index is 176. The first-order chi connectivity index (χ1) is 5.91. The van der Waals surface area contributed by atoms with Gasteiger partial charge >= 0.3 is 18.9 Å². The van der Waals surface area contributed by atoms with E-state index in [1.807, 2.05) is 0 Å². The molecule has 0 saturated carbocycles. The molecule has 0 amide bonds. The van der Waals surface area contributed by atoms with Crippen LogP contribution in [0.3, 0.4) is 0 Å². The van der Waals surface area contributed by atoms with Crippen molar-refractivity contribution in [3.8, 4) is 0 Å². The van der Waals surface area contributed by atoms with Crippen molar-refractivity contribution in [2.24, 2.45) is 0 Å². The van der Waals surface area contributed by atoms with E-state index in [1.165, 1.54) is 0 Å². The first-order valence-corrected chi connectivity index (χ1v) is 3.45. The predicted molar refractivity (Wildman–Crippen MR) is 36.1 cm³/mol. The maximum Gasteiger partial charge on any atom is 1.00 e. The van der Waals surface area contributed by atoms with Crippen molar-refractivity contribution in [2.45, 2.75) is 24.4 Å². The summed E-state index contributed by atoms with van der Waals surface area (Å²) >= 11 is 0. The summed E-state index contributed by atoms with van der Waals surface area (Å²) in [5, 5.41) is 53.4. The van der Waals surface area contributed by atoms with E-state index in [1.54, 1.807) is 0 Å². The molecule has 0 fully saturated rings. The number of hydrogen-bond acceptors (Lipinski definition) is 7. The van der Waals surface area contributed by atoms with Crippen LogP contribution < -0.4 is 24.0 Å². The Morgan fingerprint density at radius 3 is 1.86 bits per heavy atom. The zero-order valence-electron chi connectivity index (χ0n) is 7.57. The van der Waals surface area contributed by atoms with Crippen LogP contribution in [-0.4, -0.2) is 62.5 Å². The molecule has 0 bridgehead atoms. The van der Waals surface area contributed by atoms with E-state index in [4.69, 9.17) is 25.5 Å². The zero-order chi connectivity index (χ0) is 10.6. The van der Waals surface area contributed by atoms with Crippen LogP contribution in [0.25, 0.3) is 0 Å². The van der Waals surface area contributed by atoms with E-state index in [2.05, 4.69) is 0 Å². The molecule has 5 N–H and O–H groups in total. The third-order valence-corrected chi connectivity index (χ3v) is 1.50. The Morgan fingerprint density at radius 1 is 1.14 bits per heavy atom. The second-order valence-electron chi connectivity index (χ2n) is 2.49. The van der Waals surface area contributed by atoms with Crippen molar-refractivity contribution in [3.05, 3.63) is 0 Å². The molecule has 7 nitrogen and oxygen atoms in total. The summed E-state index contributed by atoms with van der Waals surface area (Å²) in [6.07, 6.45) is -8.08. The summed E-state index contributed by atoms with van der Waals surface area (Å²) < 4.78 is 0. The molecule has 0 aromatic heterocycles. The van der Waals surface area contributed by atoms with Crippen molar-refractivity contribution in [3.63, 3.8) is 0 Å². The van der Waals surface area contributed by atoms with Crippen LogP contribution in [0.2, 0.25) is 0 Å². The molecule has 0 aliphatic carbocycles. The molecule has 0 aromatic rings. The number of aliphatic hydroxyl groups is 5. The van der Waals surface area contributed by atoms with Crippen LogP contribution in [0.15, 0.2) is 0 Å². The summed E-state index contributed by atoms with van der Waals surface area (Å²) in [6.45, 7) is -0.863. The average Bonchev–Trinajstić information content (AvgIpc) is 2.12. The fourth-order valence-electron chi connectivity index (χ4n) is 0.662. The minimum absolute atomic E-state index is 0. The van der Waals surface area contributed by atoms with Crippen LogP contribution in [-0.2, 0) is 4.79 Å². The van der Waals surface area contributed by atoms with E-state index < -0.39 is 37.0 Å². The molecule has 8 heteroatoms. The van der Waals surface area contributed by atoms with Crippen molar-refractivity contribution < 1.29 is 54.3 Å².